The van der Waals surface area contributed by atoms with E-state index in [0.29, 0.717) is 10.2 Å². The molecule has 0 spiro atoms. The van der Waals surface area contributed by atoms with Crippen molar-refractivity contribution in [3.63, 3.8) is 0 Å². The first kappa shape index (κ1) is 6.41. The molecule has 0 unspecified atom stereocenters. The number of hydrogen-bond acceptors (Lipinski definition) is 1. The van der Waals surface area contributed by atoms with E-state index in [1.807, 2.05) is 0 Å². The second-order valence-corrected chi connectivity index (χ2v) is 8.05. The third kappa shape index (κ3) is 0.255. The molecule has 0 heterocycles. The molecule has 0 aromatic rings. The van der Waals surface area contributed by atoms with E-state index in [1.165, 1.54) is 0 Å². The molecule has 0 aromatic carbocycles. The maximum absolute atomic E-state index is 10.0. The van der Waals surface area contributed by atoms with Crippen molar-refractivity contribution in [3.8, 4) is 0 Å². The van der Waals surface area contributed by atoms with Gasteiger partial charge in [0, 0.05) is 4.32 Å². The maximum atomic E-state index is 10.0. The van der Waals surface area contributed by atoms with Crippen molar-refractivity contribution in [3.05, 3.63) is 0 Å². The predicted molar refractivity (Wildman–Crippen MR) is 50.3 cm³/mol. The molecule has 0 amide bonds. The highest BCUT2D eigenvalue weighted by Crippen LogP contribution is 3.00. The van der Waals surface area contributed by atoms with Crippen LogP contribution >= 0.6 is 31.9 Å². The van der Waals surface area contributed by atoms with E-state index in [4.69, 9.17) is 0 Å². The number of hydrogen-bond donors (Lipinski definition) is 1. The normalized spacial score (nSPS) is 95.8. The number of aliphatic hydroxyl groups is 1. The Balaban J connectivity index is 1.84. The first-order valence-corrected chi connectivity index (χ1v) is 6.29. The summed E-state index contributed by atoms with van der Waals surface area (Å²) in [5.74, 6) is 4.89. The van der Waals surface area contributed by atoms with Crippen LogP contribution < -0.4 is 0 Å². The van der Waals surface area contributed by atoms with Gasteiger partial charge in [0.15, 0.2) is 0 Å². The SMILES string of the molecule is O[C@H]1C2[C@@H]3[C@@H]4C5[C@@H]([C@@H]2C53Br)C14Br. The summed E-state index contributed by atoms with van der Waals surface area (Å²) in [6.45, 7) is 0. The first-order chi connectivity index (χ1) is 5.64. The summed E-state index contributed by atoms with van der Waals surface area (Å²) in [5.41, 5.74) is 0. The van der Waals surface area contributed by atoms with Gasteiger partial charge in [-0.3, -0.25) is 0 Å². The summed E-state index contributed by atoms with van der Waals surface area (Å²) in [6.07, 6.45) is -0.0214. The van der Waals surface area contributed by atoms with Crippen LogP contribution in [0.2, 0.25) is 0 Å². The van der Waals surface area contributed by atoms with Gasteiger partial charge in [0.25, 0.3) is 0 Å². The summed E-state index contributed by atoms with van der Waals surface area (Å²) in [7, 11) is 0. The largest absolute Gasteiger partial charge is 0.391 e. The van der Waals surface area contributed by atoms with Crippen molar-refractivity contribution in [2.75, 3.05) is 0 Å². The van der Waals surface area contributed by atoms with Crippen LogP contribution in [0.4, 0.5) is 0 Å². The monoisotopic (exact) mass is 290 g/mol. The molecule has 0 aromatic heterocycles. The van der Waals surface area contributed by atoms with Gasteiger partial charge in [0.2, 0.25) is 0 Å². The molecule has 0 saturated heterocycles. The molecule has 0 aliphatic heterocycles. The second kappa shape index (κ2) is 1.24. The molecular weight excluding hydrogens is 284 g/mol. The van der Waals surface area contributed by atoms with Gasteiger partial charge in [0.1, 0.15) is 0 Å². The molecule has 64 valence electrons. The molecule has 0 radical (unpaired) electrons. The van der Waals surface area contributed by atoms with E-state index < -0.39 is 0 Å². The van der Waals surface area contributed by atoms with E-state index in [2.05, 4.69) is 31.9 Å². The van der Waals surface area contributed by atoms with Crippen LogP contribution in [0, 0.1) is 35.5 Å². The molecule has 6 rings (SSSR count). The Labute approximate surface area is 87.2 Å². The van der Waals surface area contributed by atoms with Crippen molar-refractivity contribution in [2.45, 2.75) is 14.8 Å². The topological polar surface area (TPSA) is 20.2 Å². The smallest absolute Gasteiger partial charge is 0.0733 e. The van der Waals surface area contributed by atoms with Crippen LogP contribution in [-0.2, 0) is 0 Å². The molecule has 1 nitrogen and oxygen atoms in total. The van der Waals surface area contributed by atoms with Crippen LogP contribution in [0.3, 0.4) is 0 Å². The third-order valence-corrected chi connectivity index (χ3v) is 8.86. The van der Waals surface area contributed by atoms with Gasteiger partial charge in [-0.25, -0.2) is 0 Å². The average Bonchev–Trinajstić information content (AvgIpc) is 2.21. The van der Waals surface area contributed by atoms with E-state index >= 15 is 0 Å². The van der Waals surface area contributed by atoms with E-state index in [0.717, 1.165) is 29.6 Å². The second-order valence-electron chi connectivity index (χ2n) is 5.31. The van der Waals surface area contributed by atoms with Crippen LogP contribution in [0.5, 0.6) is 0 Å². The number of aliphatic hydroxyl groups excluding tert-OH is 1. The Morgan fingerprint density at radius 3 is 1.75 bits per heavy atom. The number of alkyl halides is 2. The quantitative estimate of drug-likeness (QED) is 0.669. The molecule has 6 aliphatic carbocycles. The van der Waals surface area contributed by atoms with Gasteiger partial charge in [-0.15, -0.1) is 0 Å². The predicted octanol–water partition coefficient (Wildman–Crippen LogP) is 1.38. The minimum atomic E-state index is -0.0214. The Hall–Kier alpha value is 0.920. The zero-order valence-electron chi connectivity index (χ0n) is 6.24. The zero-order valence-corrected chi connectivity index (χ0v) is 9.42. The van der Waals surface area contributed by atoms with E-state index in [1.54, 1.807) is 0 Å². The van der Waals surface area contributed by atoms with Gasteiger partial charge in [-0.05, 0) is 35.5 Å². The Bertz CT molecular complexity index is 315. The van der Waals surface area contributed by atoms with Crippen molar-refractivity contribution in [1.82, 2.24) is 0 Å². The van der Waals surface area contributed by atoms with Crippen LogP contribution in [-0.4, -0.2) is 19.9 Å². The maximum Gasteiger partial charge on any atom is 0.0733 e. The first-order valence-electron chi connectivity index (χ1n) is 4.70. The Morgan fingerprint density at radius 1 is 0.833 bits per heavy atom. The van der Waals surface area contributed by atoms with Gasteiger partial charge >= 0.3 is 0 Å². The highest BCUT2D eigenvalue weighted by Gasteiger charge is 3.04. The standard InChI is InChI=1S/C9H8Br2O/c10-8-2-1-3(8)5-6(8)4(2)9(5,11)7(1)12/h1-7,12H/t1?,2-,3-,4-,5-,6?,7+,8?,9?/m1/s1. The van der Waals surface area contributed by atoms with Crippen molar-refractivity contribution < 1.29 is 5.11 Å². The van der Waals surface area contributed by atoms with Crippen molar-refractivity contribution in [2.24, 2.45) is 35.5 Å². The Morgan fingerprint density at radius 2 is 1.33 bits per heavy atom. The molecule has 6 saturated carbocycles. The van der Waals surface area contributed by atoms with Crippen molar-refractivity contribution in [1.29, 1.82) is 0 Å². The van der Waals surface area contributed by atoms with E-state index in [-0.39, 0.29) is 10.4 Å². The minimum Gasteiger partial charge on any atom is -0.391 e. The summed E-state index contributed by atoms with van der Waals surface area (Å²) in [6, 6.07) is 0. The summed E-state index contributed by atoms with van der Waals surface area (Å²) >= 11 is 7.70. The third-order valence-electron chi connectivity index (χ3n) is 5.75. The summed E-state index contributed by atoms with van der Waals surface area (Å²) in [4.78, 5) is 0. The van der Waals surface area contributed by atoms with Gasteiger partial charge < -0.3 is 5.11 Å². The van der Waals surface area contributed by atoms with Crippen molar-refractivity contribution >= 4 is 31.9 Å². The fourth-order valence-electron chi connectivity index (χ4n) is 5.66. The molecular formula is C9H8Br2O. The lowest BCUT2D eigenvalue weighted by Crippen LogP contribution is -2.93. The van der Waals surface area contributed by atoms with Gasteiger partial charge in [-0.2, -0.15) is 0 Å². The Kier molecular flexibility index (Phi) is 0.660. The summed E-state index contributed by atoms with van der Waals surface area (Å²) in [5, 5.41) is 10.0. The molecule has 1 N–H and O–H groups in total. The molecule has 2 bridgehead atoms. The fourth-order valence-corrected chi connectivity index (χ4v) is 8.85. The summed E-state index contributed by atoms with van der Waals surface area (Å²) < 4.78 is 0.717. The highest BCUT2D eigenvalue weighted by atomic mass is 79.9. The molecule has 3 heteroatoms. The minimum absolute atomic E-state index is 0.0214. The van der Waals surface area contributed by atoms with E-state index in [9.17, 15) is 5.11 Å². The van der Waals surface area contributed by atoms with Crippen LogP contribution in [0.15, 0.2) is 0 Å². The number of halogens is 2. The molecule has 6 fully saturated rings. The van der Waals surface area contributed by atoms with Crippen LogP contribution in [0.25, 0.3) is 0 Å². The fraction of sp³-hybridized carbons (Fsp3) is 1.00. The lowest BCUT2D eigenvalue weighted by atomic mass is 9.20. The highest BCUT2D eigenvalue weighted by molar-refractivity contribution is 9.10. The zero-order chi connectivity index (χ0) is 8.04. The molecule has 5 atom stereocenters. The number of rotatable bonds is 0. The lowest BCUT2D eigenvalue weighted by molar-refractivity contribution is -0.337. The molecule has 6 aliphatic rings. The van der Waals surface area contributed by atoms with Gasteiger partial charge in [-0.1, -0.05) is 31.9 Å². The van der Waals surface area contributed by atoms with Crippen LogP contribution in [0.1, 0.15) is 0 Å². The van der Waals surface area contributed by atoms with Gasteiger partial charge in [0.05, 0.1) is 10.4 Å². The lowest BCUT2D eigenvalue weighted by Gasteiger charge is -2.90. The molecule has 12 heavy (non-hydrogen) atoms. The average molecular weight is 292 g/mol.